The molecule has 0 radical (unpaired) electrons. The summed E-state index contributed by atoms with van der Waals surface area (Å²) in [5, 5.41) is 19.6. The minimum absolute atomic E-state index is 0.0386. The van der Waals surface area contributed by atoms with Gasteiger partial charge < -0.3 is 10.4 Å². The summed E-state index contributed by atoms with van der Waals surface area (Å²) < 4.78 is 38.6. The molecule has 0 saturated heterocycles. The van der Waals surface area contributed by atoms with E-state index in [9.17, 15) is 22.8 Å². The molecule has 0 spiro atoms. The number of nitrogens with zero attached hydrogens (tertiary/aromatic N) is 1. The highest BCUT2D eigenvalue weighted by Crippen LogP contribution is 2.31. The van der Waals surface area contributed by atoms with E-state index >= 15 is 0 Å². The molecule has 1 aromatic rings. The van der Waals surface area contributed by atoms with Crippen LogP contribution in [0.3, 0.4) is 0 Å². The van der Waals surface area contributed by atoms with Crippen LogP contribution in [0, 0.1) is 11.3 Å². The third kappa shape index (κ3) is 5.62. The summed E-state index contributed by atoms with van der Waals surface area (Å²) in [4.78, 5) is 23.1. The number of carbonyl (C=O) groups is 2. The molecule has 0 aliphatic rings. The van der Waals surface area contributed by atoms with Gasteiger partial charge in [0.2, 0.25) is 0 Å². The number of nitriles is 1. The number of hydrogen-bond donors (Lipinski definition) is 2. The van der Waals surface area contributed by atoms with E-state index in [1.807, 2.05) is 6.07 Å². The van der Waals surface area contributed by atoms with Gasteiger partial charge in [-0.2, -0.15) is 18.4 Å². The zero-order valence-electron chi connectivity index (χ0n) is 12.1. The van der Waals surface area contributed by atoms with Crippen molar-refractivity contribution < 1.29 is 27.9 Å². The SMILES string of the molecule is N#CCCCC[C@H](NC(=O)c1ccccc1C(F)(F)F)C(=O)O. The maximum Gasteiger partial charge on any atom is 0.417 e. The summed E-state index contributed by atoms with van der Waals surface area (Å²) in [6.45, 7) is 0. The van der Waals surface area contributed by atoms with Gasteiger partial charge >= 0.3 is 12.1 Å². The lowest BCUT2D eigenvalue weighted by Crippen LogP contribution is -2.41. The largest absolute Gasteiger partial charge is 0.480 e. The summed E-state index contributed by atoms with van der Waals surface area (Å²) in [6, 6.07) is 4.77. The van der Waals surface area contributed by atoms with Crippen LogP contribution in [0.25, 0.3) is 0 Å². The van der Waals surface area contributed by atoms with Crippen LogP contribution in [0.2, 0.25) is 0 Å². The minimum atomic E-state index is -4.71. The van der Waals surface area contributed by atoms with Gasteiger partial charge in [-0.05, 0) is 31.4 Å². The number of carboxylic acids is 1. The van der Waals surface area contributed by atoms with Crippen LogP contribution in [-0.2, 0) is 11.0 Å². The molecule has 0 bridgehead atoms. The minimum Gasteiger partial charge on any atom is -0.480 e. The molecule has 0 aliphatic heterocycles. The fourth-order valence-electron chi connectivity index (χ4n) is 1.97. The van der Waals surface area contributed by atoms with Crippen molar-refractivity contribution in [2.24, 2.45) is 0 Å². The molecule has 1 amide bonds. The maximum atomic E-state index is 12.9. The van der Waals surface area contributed by atoms with Crippen LogP contribution in [-0.4, -0.2) is 23.0 Å². The molecule has 2 N–H and O–H groups in total. The molecule has 0 saturated carbocycles. The number of carboxylic acid groups (broad SMARTS) is 1. The lowest BCUT2D eigenvalue weighted by molar-refractivity contribution is -0.139. The van der Waals surface area contributed by atoms with Crippen LogP contribution in [0.4, 0.5) is 13.2 Å². The number of aliphatic carboxylic acids is 1. The third-order valence-electron chi connectivity index (χ3n) is 3.11. The average Bonchev–Trinajstić information content (AvgIpc) is 2.49. The first-order valence-electron chi connectivity index (χ1n) is 6.84. The average molecular weight is 328 g/mol. The quantitative estimate of drug-likeness (QED) is 0.753. The predicted octanol–water partition coefficient (Wildman–Crippen LogP) is 2.97. The summed E-state index contributed by atoms with van der Waals surface area (Å²) in [7, 11) is 0. The molecule has 1 rings (SSSR count). The number of alkyl halides is 3. The Morgan fingerprint density at radius 3 is 2.48 bits per heavy atom. The summed E-state index contributed by atoms with van der Waals surface area (Å²) >= 11 is 0. The van der Waals surface area contributed by atoms with Crippen LogP contribution in [0.5, 0.6) is 0 Å². The summed E-state index contributed by atoms with van der Waals surface area (Å²) in [5.74, 6) is -2.43. The van der Waals surface area contributed by atoms with Gasteiger partial charge in [0.05, 0.1) is 17.2 Å². The van der Waals surface area contributed by atoms with Gasteiger partial charge in [-0.3, -0.25) is 4.79 Å². The molecule has 1 atom stereocenters. The lowest BCUT2D eigenvalue weighted by atomic mass is 10.0. The van der Waals surface area contributed by atoms with Crippen molar-refractivity contribution >= 4 is 11.9 Å². The van der Waals surface area contributed by atoms with Crippen LogP contribution >= 0.6 is 0 Å². The second-order valence-corrected chi connectivity index (χ2v) is 4.81. The van der Waals surface area contributed by atoms with Gasteiger partial charge in [-0.25, -0.2) is 4.79 Å². The van der Waals surface area contributed by atoms with Gasteiger partial charge in [-0.15, -0.1) is 0 Å². The number of hydrogen-bond acceptors (Lipinski definition) is 3. The Labute approximate surface area is 130 Å². The van der Waals surface area contributed by atoms with Crippen molar-refractivity contribution in [3.05, 3.63) is 35.4 Å². The number of unbranched alkanes of at least 4 members (excludes halogenated alkanes) is 2. The van der Waals surface area contributed by atoms with Crippen molar-refractivity contribution in [2.45, 2.75) is 37.9 Å². The summed E-state index contributed by atoms with van der Waals surface area (Å²) in [5.41, 5.74) is -1.74. The first-order valence-corrected chi connectivity index (χ1v) is 6.84. The van der Waals surface area contributed by atoms with E-state index in [1.165, 1.54) is 6.07 Å². The van der Waals surface area contributed by atoms with Crippen LogP contribution < -0.4 is 5.32 Å². The highest BCUT2D eigenvalue weighted by molar-refractivity contribution is 5.98. The predicted molar refractivity (Wildman–Crippen MR) is 74.4 cm³/mol. The number of carbonyl (C=O) groups excluding carboxylic acids is 1. The van der Waals surface area contributed by atoms with Gasteiger partial charge in [0, 0.05) is 6.42 Å². The topological polar surface area (TPSA) is 90.2 Å². The van der Waals surface area contributed by atoms with E-state index in [2.05, 4.69) is 5.32 Å². The zero-order valence-corrected chi connectivity index (χ0v) is 12.1. The highest BCUT2D eigenvalue weighted by Gasteiger charge is 2.35. The Kier molecular flexibility index (Phi) is 6.57. The standard InChI is InChI=1S/C15H15F3N2O3/c16-15(17,18)11-7-4-3-6-10(11)13(21)20-12(14(22)23)8-2-1-5-9-19/h3-4,6-7,12H,1-2,5,8H2,(H,20,21)(H,22,23)/t12-/m0/s1. The molecular weight excluding hydrogens is 313 g/mol. The Hall–Kier alpha value is -2.56. The van der Waals surface area contributed by atoms with Gasteiger partial charge in [0.1, 0.15) is 6.04 Å². The van der Waals surface area contributed by atoms with E-state index in [0.29, 0.717) is 12.8 Å². The molecule has 5 nitrogen and oxygen atoms in total. The van der Waals surface area contributed by atoms with Crippen LogP contribution in [0.15, 0.2) is 24.3 Å². The normalized spacial score (nSPS) is 12.3. The van der Waals surface area contributed by atoms with Crippen molar-refractivity contribution in [3.63, 3.8) is 0 Å². The summed E-state index contributed by atoms with van der Waals surface area (Å²) in [6.07, 6.45) is -3.60. The van der Waals surface area contributed by atoms with Gasteiger partial charge in [0.25, 0.3) is 5.91 Å². The first kappa shape index (κ1) is 18.5. The second-order valence-electron chi connectivity index (χ2n) is 4.81. The highest BCUT2D eigenvalue weighted by atomic mass is 19.4. The number of halogens is 3. The van der Waals surface area contributed by atoms with Crippen molar-refractivity contribution in [1.82, 2.24) is 5.32 Å². The monoisotopic (exact) mass is 328 g/mol. The number of rotatable bonds is 7. The first-order chi connectivity index (χ1) is 10.8. The molecule has 1 aromatic carbocycles. The smallest absolute Gasteiger partial charge is 0.417 e. The molecule has 0 aliphatic carbocycles. The maximum absolute atomic E-state index is 12.9. The van der Waals surface area contributed by atoms with Crippen molar-refractivity contribution in [2.75, 3.05) is 0 Å². The van der Waals surface area contributed by atoms with E-state index in [4.69, 9.17) is 10.4 Å². The number of benzene rings is 1. The number of nitrogens with one attached hydrogen (secondary N) is 1. The fourth-order valence-corrected chi connectivity index (χ4v) is 1.97. The molecule has 0 unspecified atom stereocenters. The number of amides is 1. The molecule has 23 heavy (non-hydrogen) atoms. The Balaban J connectivity index is 2.84. The van der Waals surface area contributed by atoms with E-state index in [0.717, 1.165) is 18.2 Å². The lowest BCUT2D eigenvalue weighted by Gasteiger charge is -2.17. The molecule has 124 valence electrons. The molecular formula is C15H15F3N2O3. The zero-order chi connectivity index (χ0) is 17.5. The molecule has 0 aromatic heterocycles. The van der Waals surface area contributed by atoms with E-state index in [1.54, 1.807) is 0 Å². The van der Waals surface area contributed by atoms with E-state index < -0.39 is 35.2 Å². The van der Waals surface area contributed by atoms with E-state index in [-0.39, 0.29) is 12.8 Å². The van der Waals surface area contributed by atoms with Gasteiger partial charge in [0.15, 0.2) is 0 Å². The molecule has 8 heteroatoms. The van der Waals surface area contributed by atoms with Crippen molar-refractivity contribution in [1.29, 1.82) is 5.26 Å². The van der Waals surface area contributed by atoms with Crippen LogP contribution in [0.1, 0.15) is 41.6 Å². The van der Waals surface area contributed by atoms with Crippen molar-refractivity contribution in [3.8, 4) is 6.07 Å². The third-order valence-corrected chi connectivity index (χ3v) is 3.11. The molecule has 0 fully saturated rings. The fraction of sp³-hybridized carbons (Fsp3) is 0.400. The Bertz CT molecular complexity index is 609. The molecule has 0 heterocycles. The van der Waals surface area contributed by atoms with Gasteiger partial charge in [-0.1, -0.05) is 12.1 Å². The second kappa shape index (κ2) is 8.17. The Morgan fingerprint density at radius 1 is 1.26 bits per heavy atom. The Morgan fingerprint density at radius 2 is 1.91 bits per heavy atom.